The maximum atomic E-state index is 12.3. The lowest BCUT2D eigenvalue weighted by Crippen LogP contribution is -2.06. The topological polar surface area (TPSA) is 61.6 Å². The Bertz CT molecular complexity index is 922. The summed E-state index contributed by atoms with van der Waals surface area (Å²) in [6.07, 6.45) is 0. The van der Waals surface area contributed by atoms with Gasteiger partial charge < -0.3 is 14.0 Å². The zero-order valence-corrected chi connectivity index (χ0v) is 16.0. The van der Waals surface area contributed by atoms with E-state index in [-0.39, 0.29) is 12.6 Å². The fraction of sp³-hybridized carbons (Fsp3) is 0.273. The molecule has 5 heteroatoms. The van der Waals surface area contributed by atoms with Crippen molar-refractivity contribution in [2.45, 2.75) is 40.9 Å². The molecular weight excluding hydrogens is 342 g/mol. The van der Waals surface area contributed by atoms with E-state index in [4.69, 9.17) is 14.0 Å². The average molecular weight is 365 g/mol. The number of benzene rings is 2. The molecule has 0 aliphatic heterocycles. The minimum atomic E-state index is -0.354. The van der Waals surface area contributed by atoms with Crippen LogP contribution in [-0.2, 0) is 18.0 Å². The van der Waals surface area contributed by atoms with Crippen molar-refractivity contribution in [3.63, 3.8) is 0 Å². The molecule has 0 aliphatic carbocycles. The van der Waals surface area contributed by atoms with Gasteiger partial charge in [-0.05, 0) is 63.1 Å². The zero-order chi connectivity index (χ0) is 19.4. The molecule has 0 saturated heterocycles. The van der Waals surface area contributed by atoms with E-state index >= 15 is 0 Å². The highest BCUT2D eigenvalue weighted by Gasteiger charge is 2.11. The quantitative estimate of drug-likeness (QED) is 0.585. The SMILES string of the molecule is Cc1ccc(C)c(COC(=O)c2ccc(OCc3c(C)noc3C)cc2)c1. The Morgan fingerprint density at radius 3 is 2.41 bits per heavy atom. The molecule has 5 nitrogen and oxygen atoms in total. The first-order valence-electron chi connectivity index (χ1n) is 8.82. The molecule has 0 bridgehead atoms. The molecular formula is C22H23NO4. The van der Waals surface area contributed by atoms with Gasteiger partial charge in [0.2, 0.25) is 0 Å². The first-order valence-corrected chi connectivity index (χ1v) is 8.82. The molecule has 1 heterocycles. The fourth-order valence-electron chi connectivity index (χ4n) is 2.73. The molecule has 0 fully saturated rings. The van der Waals surface area contributed by atoms with E-state index in [0.29, 0.717) is 17.9 Å². The molecule has 0 unspecified atom stereocenters. The molecule has 3 aromatic rings. The van der Waals surface area contributed by atoms with Gasteiger partial charge in [0.05, 0.1) is 16.8 Å². The number of aryl methyl sites for hydroxylation is 4. The van der Waals surface area contributed by atoms with Crippen molar-refractivity contribution >= 4 is 5.97 Å². The smallest absolute Gasteiger partial charge is 0.338 e. The molecule has 0 saturated carbocycles. The summed E-state index contributed by atoms with van der Waals surface area (Å²) in [5.74, 6) is 1.06. The second-order valence-electron chi connectivity index (χ2n) is 6.62. The van der Waals surface area contributed by atoms with Crippen molar-refractivity contribution in [2.75, 3.05) is 0 Å². The van der Waals surface area contributed by atoms with Gasteiger partial charge in [-0.1, -0.05) is 28.9 Å². The minimum Gasteiger partial charge on any atom is -0.489 e. The molecule has 0 amide bonds. The molecule has 0 N–H and O–H groups in total. The highest BCUT2D eigenvalue weighted by Crippen LogP contribution is 2.19. The normalized spacial score (nSPS) is 10.7. The molecule has 27 heavy (non-hydrogen) atoms. The van der Waals surface area contributed by atoms with Crippen molar-refractivity contribution in [2.24, 2.45) is 0 Å². The van der Waals surface area contributed by atoms with E-state index in [2.05, 4.69) is 5.16 Å². The molecule has 0 spiro atoms. The van der Waals surface area contributed by atoms with E-state index in [1.54, 1.807) is 24.3 Å². The number of hydrogen-bond acceptors (Lipinski definition) is 5. The Kier molecular flexibility index (Phi) is 5.60. The van der Waals surface area contributed by atoms with Gasteiger partial charge in [-0.25, -0.2) is 4.79 Å². The summed E-state index contributed by atoms with van der Waals surface area (Å²) < 4.78 is 16.3. The van der Waals surface area contributed by atoms with Gasteiger partial charge in [-0.15, -0.1) is 0 Å². The fourth-order valence-corrected chi connectivity index (χ4v) is 2.73. The monoisotopic (exact) mass is 365 g/mol. The summed E-state index contributed by atoms with van der Waals surface area (Å²) in [5, 5.41) is 3.91. The number of esters is 1. The second kappa shape index (κ2) is 8.08. The maximum Gasteiger partial charge on any atom is 0.338 e. The largest absolute Gasteiger partial charge is 0.489 e. The number of carbonyl (C=O) groups excluding carboxylic acids is 1. The van der Waals surface area contributed by atoms with Crippen LogP contribution in [-0.4, -0.2) is 11.1 Å². The summed E-state index contributed by atoms with van der Waals surface area (Å²) in [7, 11) is 0. The molecule has 0 atom stereocenters. The van der Waals surface area contributed by atoms with Crippen molar-refractivity contribution in [3.05, 3.63) is 81.7 Å². The number of nitrogens with zero attached hydrogens (tertiary/aromatic N) is 1. The van der Waals surface area contributed by atoms with Crippen LogP contribution in [0.1, 0.15) is 44.1 Å². The molecule has 1 aromatic heterocycles. The highest BCUT2D eigenvalue weighted by atomic mass is 16.5. The van der Waals surface area contributed by atoms with E-state index in [9.17, 15) is 4.79 Å². The number of rotatable bonds is 6. The minimum absolute atomic E-state index is 0.261. The van der Waals surface area contributed by atoms with E-state index < -0.39 is 0 Å². The molecule has 3 rings (SSSR count). The van der Waals surface area contributed by atoms with Crippen molar-refractivity contribution in [1.82, 2.24) is 5.16 Å². The Hall–Kier alpha value is -3.08. The summed E-state index contributed by atoms with van der Waals surface area (Å²) in [4.78, 5) is 12.3. The van der Waals surface area contributed by atoms with Crippen molar-refractivity contribution in [1.29, 1.82) is 0 Å². The van der Waals surface area contributed by atoms with Crippen LogP contribution in [0.4, 0.5) is 0 Å². The van der Waals surface area contributed by atoms with E-state index in [1.165, 1.54) is 0 Å². The van der Waals surface area contributed by atoms with E-state index in [0.717, 1.165) is 33.7 Å². The lowest BCUT2D eigenvalue weighted by molar-refractivity contribution is 0.0472. The molecule has 140 valence electrons. The van der Waals surface area contributed by atoms with Crippen LogP contribution in [0.5, 0.6) is 5.75 Å². The Labute approximate surface area is 158 Å². The van der Waals surface area contributed by atoms with Gasteiger partial charge in [0.15, 0.2) is 0 Å². The number of ether oxygens (including phenoxy) is 2. The van der Waals surface area contributed by atoms with Crippen LogP contribution in [0.3, 0.4) is 0 Å². The Morgan fingerprint density at radius 2 is 1.74 bits per heavy atom. The van der Waals surface area contributed by atoms with Gasteiger partial charge >= 0.3 is 5.97 Å². The van der Waals surface area contributed by atoms with Crippen LogP contribution in [0.25, 0.3) is 0 Å². The third kappa shape index (κ3) is 4.56. The number of hydrogen-bond donors (Lipinski definition) is 0. The predicted molar refractivity (Wildman–Crippen MR) is 102 cm³/mol. The number of carbonyl (C=O) groups is 1. The highest BCUT2D eigenvalue weighted by molar-refractivity contribution is 5.89. The third-order valence-electron chi connectivity index (χ3n) is 4.52. The van der Waals surface area contributed by atoms with E-state index in [1.807, 2.05) is 45.9 Å². The standard InChI is InChI=1S/C22H23NO4/c1-14-5-6-15(2)19(11-14)12-26-22(24)18-7-9-20(10-8-18)25-13-21-16(3)23-27-17(21)4/h5-11H,12-13H2,1-4H3. The van der Waals surface area contributed by atoms with Crippen LogP contribution in [0.15, 0.2) is 47.0 Å². The summed E-state index contributed by atoms with van der Waals surface area (Å²) in [6, 6.07) is 13.0. The van der Waals surface area contributed by atoms with Crippen LogP contribution in [0.2, 0.25) is 0 Å². The molecule has 0 aliphatic rings. The zero-order valence-electron chi connectivity index (χ0n) is 16.0. The van der Waals surface area contributed by atoms with Gasteiger partial charge in [-0.2, -0.15) is 0 Å². The first-order chi connectivity index (χ1) is 12.9. The summed E-state index contributed by atoms with van der Waals surface area (Å²) in [6.45, 7) is 8.39. The van der Waals surface area contributed by atoms with Crippen LogP contribution < -0.4 is 4.74 Å². The van der Waals surface area contributed by atoms with Gasteiger partial charge in [0, 0.05) is 0 Å². The molecule has 2 aromatic carbocycles. The third-order valence-corrected chi connectivity index (χ3v) is 4.52. The lowest BCUT2D eigenvalue weighted by atomic mass is 10.1. The van der Waals surface area contributed by atoms with Gasteiger partial charge in [0.1, 0.15) is 24.7 Å². The summed E-state index contributed by atoms with van der Waals surface area (Å²) >= 11 is 0. The van der Waals surface area contributed by atoms with Gasteiger partial charge in [-0.3, -0.25) is 0 Å². The first kappa shape index (κ1) is 18.7. The van der Waals surface area contributed by atoms with Gasteiger partial charge in [0.25, 0.3) is 0 Å². The van der Waals surface area contributed by atoms with Crippen molar-refractivity contribution in [3.8, 4) is 5.75 Å². The average Bonchev–Trinajstić information content (AvgIpc) is 2.98. The maximum absolute atomic E-state index is 12.3. The van der Waals surface area contributed by atoms with Crippen LogP contribution in [0, 0.1) is 27.7 Å². The predicted octanol–water partition coefficient (Wildman–Crippen LogP) is 4.84. The van der Waals surface area contributed by atoms with Crippen LogP contribution >= 0.6 is 0 Å². The Morgan fingerprint density at radius 1 is 1.00 bits per heavy atom. The molecule has 0 radical (unpaired) electrons. The Balaban J connectivity index is 1.58. The number of aromatic nitrogens is 1. The second-order valence-corrected chi connectivity index (χ2v) is 6.62. The summed E-state index contributed by atoms with van der Waals surface area (Å²) in [5.41, 5.74) is 5.52. The lowest BCUT2D eigenvalue weighted by Gasteiger charge is -2.09. The van der Waals surface area contributed by atoms with Crippen molar-refractivity contribution < 1.29 is 18.8 Å².